The Hall–Kier alpha value is -1.76. The van der Waals surface area contributed by atoms with E-state index in [1.54, 1.807) is 18.2 Å². The number of hydrogen-bond acceptors (Lipinski definition) is 3. The first-order chi connectivity index (χ1) is 9.36. The molecule has 110 valence electrons. The number of rotatable bonds is 3. The lowest BCUT2D eigenvalue weighted by Crippen LogP contribution is -2.38. The van der Waals surface area contributed by atoms with Crippen LogP contribution in [0.1, 0.15) is 29.5 Å². The van der Waals surface area contributed by atoms with Crippen molar-refractivity contribution >= 4 is 5.91 Å². The van der Waals surface area contributed by atoms with E-state index in [-0.39, 0.29) is 18.9 Å². The summed E-state index contributed by atoms with van der Waals surface area (Å²) in [4.78, 5) is 11.0. The van der Waals surface area contributed by atoms with Crippen LogP contribution in [0.3, 0.4) is 0 Å². The molecule has 0 saturated heterocycles. The van der Waals surface area contributed by atoms with Crippen molar-refractivity contribution in [1.82, 2.24) is 5.32 Å². The molecule has 1 aromatic rings. The van der Waals surface area contributed by atoms with Crippen molar-refractivity contribution in [1.29, 1.82) is 0 Å². The molecule has 1 amide bonds. The van der Waals surface area contributed by atoms with E-state index < -0.39 is 18.1 Å². The molecule has 0 radical (unpaired) electrons. The summed E-state index contributed by atoms with van der Waals surface area (Å²) >= 11 is 0. The summed E-state index contributed by atoms with van der Waals surface area (Å²) in [6.07, 6.45) is -4.68. The topological polar surface area (TPSA) is 58.6 Å². The molecule has 1 aliphatic carbocycles. The third kappa shape index (κ3) is 2.72. The molecule has 0 aliphatic heterocycles. The average Bonchev–Trinajstić information content (AvgIpc) is 2.75. The van der Waals surface area contributed by atoms with E-state index in [0.717, 1.165) is 5.56 Å². The first-order valence-corrected chi connectivity index (χ1v) is 6.03. The van der Waals surface area contributed by atoms with Gasteiger partial charge in [-0.1, -0.05) is 6.07 Å². The Kier molecular flexibility index (Phi) is 3.89. The van der Waals surface area contributed by atoms with Crippen LogP contribution in [-0.4, -0.2) is 30.9 Å². The van der Waals surface area contributed by atoms with Gasteiger partial charge in [0.25, 0.3) is 0 Å². The molecule has 0 heterocycles. The Balaban J connectivity index is 2.28. The third-order valence-electron chi connectivity index (χ3n) is 3.41. The van der Waals surface area contributed by atoms with Gasteiger partial charge in [-0.25, -0.2) is 0 Å². The largest absolute Gasteiger partial charge is 0.497 e. The maximum Gasteiger partial charge on any atom is 0.471 e. The fraction of sp³-hybridized carbons (Fsp3) is 0.462. The van der Waals surface area contributed by atoms with Gasteiger partial charge < -0.3 is 15.2 Å². The number of fused-ring (bicyclic) bond motifs is 1. The van der Waals surface area contributed by atoms with E-state index in [4.69, 9.17) is 4.74 Å². The molecular formula is C13H14F3NO3. The van der Waals surface area contributed by atoms with Crippen LogP contribution in [0.15, 0.2) is 18.2 Å². The summed E-state index contributed by atoms with van der Waals surface area (Å²) in [6, 6.07) is 4.20. The number of aliphatic hydroxyl groups excluding tert-OH is 1. The number of ether oxygens (including phenoxy) is 1. The van der Waals surface area contributed by atoms with Gasteiger partial charge in [0.15, 0.2) is 0 Å². The van der Waals surface area contributed by atoms with Gasteiger partial charge >= 0.3 is 12.1 Å². The van der Waals surface area contributed by atoms with Gasteiger partial charge in [0.1, 0.15) is 5.75 Å². The maximum atomic E-state index is 12.3. The van der Waals surface area contributed by atoms with Crippen molar-refractivity contribution < 1.29 is 27.8 Å². The molecule has 2 N–H and O–H groups in total. The van der Waals surface area contributed by atoms with E-state index in [1.807, 2.05) is 5.32 Å². The second-order valence-electron chi connectivity index (χ2n) is 4.63. The first kappa shape index (κ1) is 14.6. The second-order valence-corrected chi connectivity index (χ2v) is 4.63. The number of benzene rings is 1. The molecule has 0 spiro atoms. The molecule has 4 nitrogen and oxygen atoms in total. The molecule has 0 fully saturated rings. The number of carbonyl (C=O) groups excluding carboxylic acids is 1. The minimum atomic E-state index is -4.92. The van der Waals surface area contributed by atoms with Gasteiger partial charge in [0.2, 0.25) is 0 Å². The summed E-state index contributed by atoms with van der Waals surface area (Å²) in [7, 11) is 1.45. The molecule has 2 rings (SSSR count). The van der Waals surface area contributed by atoms with Crippen molar-refractivity contribution in [3.8, 4) is 5.75 Å². The van der Waals surface area contributed by atoms with Crippen LogP contribution in [0.25, 0.3) is 0 Å². The van der Waals surface area contributed by atoms with E-state index in [9.17, 15) is 23.1 Å². The molecule has 20 heavy (non-hydrogen) atoms. The number of aliphatic hydroxyl groups is 1. The van der Waals surface area contributed by atoms with Gasteiger partial charge in [-0.3, -0.25) is 4.79 Å². The van der Waals surface area contributed by atoms with E-state index in [2.05, 4.69) is 0 Å². The SMILES string of the molecule is COc1ccc2c(c1)[C@@H](NC(=O)C(F)(F)F)C[C@H]2CO. The highest BCUT2D eigenvalue weighted by molar-refractivity contribution is 5.82. The number of amides is 1. The molecule has 0 saturated carbocycles. The average molecular weight is 289 g/mol. The first-order valence-electron chi connectivity index (χ1n) is 6.03. The summed E-state index contributed by atoms with van der Waals surface area (Å²) in [5.74, 6) is -1.77. The summed E-state index contributed by atoms with van der Waals surface area (Å²) < 4.78 is 42.0. The molecule has 2 atom stereocenters. The fourth-order valence-corrected chi connectivity index (χ4v) is 2.44. The van der Waals surface area contributed by atoms with Crippen molar-refractivity contribution in [2.45, 2.75) is 24.6 Å². The lowest BCUT2D eigenvalue weighted by molar-refractivity contribution is -0.174. The standard InChI is InChI=1S/C13H14F3NO3/c1-20-8-2-3-9-7(6-18)4-11(10(9)5-8)17-12(19)13(14,15)16/h2-3,5,7,11,18H,4,6H2,1H3,(H,17,19)/t7-,11-/m0/s1. The van der Waals surface area contributed by atoms with Crippen LogP contribution in [0, 0.1) is 0 Å². The Bertz CT molecular complexity index is 516. The zero-order valence-corrected chi connectivity index (χ0v) is 10.7. The number of halogens is 3. The highest BCUT2D eigenvalue weighted by Crippen LogP contribution is 2.41. The molecular weight excluding hydrogens is 275 g/mol. The van der Waals surface area contributed by atoms with Gasteiger partial charge in [0, 0.05) is 5.92 Å². The summed E-state index contributed by atoms with van der Waals surface area (Å²) in [6.45, 7) is -0.183. The Morgan fingerprint density at radius 2 is 2.15 bits per heavy atom. The number of alkyl halides is 3. The van der Waals surface area contributed by atoms with Gasteiger partial charge in [-0.2, -0.15) is 13.2 Å². The normalized spacial score (nSPS) is 21.4. The van der Waals surface area contributed by atoms with Crippen LogP contribution in [0.4, 0.5) is 13.2 Å². The number of hydrogen-bond donors (Lipinski definition) is 2. The van der Waals surface area contributed by atoms with Crippen molar-refractivity contribution in [2.75, 3.05) is 13.7 Å². The van der Waals surface area contributed by atoms with E-state index in [0.29, 0.717) is 11.3 Å². The fourth-order valence-electron chi connectivity index (χ4n) is 2.44. The summed E-state index contributed by atoms with van der Waals surface area (Å²) in [5, 5.41) is 11.2. The van der Waals surface area contributed by atoms with Crippen LogP contribution in [0.5, 0.6) is 5.75 Å². The van der Waals surface area contributed by atoms with Crippen molar-refractivity contribution in [2.24, 2.45) is 0 Å². The number of carbonyl (C=O) groups is 1. The summed E-state index contributed by atoms with van der Waals surface area (Å²) in [5.41, 5.74) is 1.29. The predicted molar refractivity (Wildman–Crippen MR) is 64.4 cm³/mol. The monoisotopic (exact) mass is 289 g/mol. The highest BCUT2D eigenvalue weighted by atomic mass is 19.4. The molecule has 0 bridgehead atoms. The van der Waals surface area contributed by atoms with Crippen LogP contribution < -0.4 is 10.1 Å². The van der Waals surface area contributed by atoms with Crippen LogP contribution >= 0.6 is 0 Å². The molecule has 0 aromatic heterocycles. The second kappa shape index (κ2) is 5.32. The van der Waals surface area contributed by atoms with E-state index in [1.165, 1.54) is 7.11 Å². The lowest BCUT2D eigenvalue weighted by atomic mass is 10.0. The molecule has 7 heteroatoms. The minimum absolute atomic E-state index is 0.183. The smallest absolute Gasteiger partial charge is 0.471 e. The Morgan fingerprint density at radius 3 is 2.70 bits per heavy atom. The third-order valence-corrected chi connectivity index (χ3v) is 3.41. The van der Waals surface area contributed by atoms with Crippen LogP contribution in [-0.2, 0) is 4.79 Å². The van der Waals surface area contributed by atoms with Gasteiger partial charge in [0.05, 0.1) is 19.8 Å². The quantitative estimate of drug-likeness (QED) is 0.893. The minimum Gasteiger partial charge on any atom is -0.497 e. The Labute approximate surface area is 113 Å². The molecule has 0 unspecified atom stereocenters. The zero-order valence-electron chi connectivity index (χ0n) is 10.7. The lowest BCUT2D eigenvalue weighted by Gasteiger charge is -2.16. The predicted octanol–water partition coefficient (Wildman–Crippen LogP) is 1.89. The Morgan fingerprint density at radius 1 is 1.45 bits per heavy atom. The maximum absolute atomic E-state index is 12.3. The molecule has 1 aromatic carbocycles. The highest BCUT2D eigenvalue weighted by Gasteiger charge is 2.42. The molecule has 1 aliphatic rings. The number of nitrogens with one attached hydrogen (secondary N) is 1. The zero-order chi connectivity index (χ0) is 14.9. The van der Waals surface area contributed by atoms with Gasteiger partial charge in [-0.15, -0.1) is 0 Å². The van der Waals surface area contributed by atoms with Crippen molar-refractivity contribution in [3.05, 3.63) is 29.3 Å². The van der Waals surface area contributed by atoms with Crippen molar-refractivity contribution in [3.63, 3.8) is 0 Å². The number of methoxy groups -OCH3 is 1. The van der Waals surface area contributed by atoms with E-state index >= 15 is 0 Å². The van der Waals surface area contributed by atoms with Gasteiger partial charge in [-0.05, 0) is 29.7 Å². The van der Waals surface area contributed by atoms with Crippen LogP contribution in [0.2, 0.25) is 0 Å².